The number of aliphatic hydroxyl groups is 3. The van der Waals surface area contributed by atoms with Crippen LogP contribution < -0.4 is 113 Å². The predicted octanol–water partition coefficient (Wildman–Crippen LogP) is -2.98. The summed E-state index contributed by atoms with van der Waals surface area (Å²) in [4.78, 5) is 278. The van der Waals surface area contributed by atoms with E-state index >= 15 is 14.4 Å². The van der Waals surface area contributed by atoms with Crippen LogP contribution in [0.1, 0.15) is 171 Å². The highest BCUT2D eigenvalue weighted by molar-refractivity contribution is 6.32. The van der Waals surface area contributed by atoms with Gasteiger partial charge in [0.15, 0.2) is 0 Å². The van der Waals surface area contributed by atoms with E-state index in [1.165, 1.54) is 36.4 Å². The molecule has 0 aromatic heterocycles. The molecule has 1 fully saturated rings. The first-order chi connectivity index (χ1) is 70.9. The van der Waals surface area contributed by atoms with Crippen molar-refractivity contribution in [1.82, 2.24) is 95.7 Å². The smallest absolute Gasteiger partial charge is 0.247 e. The lowest BCUT2D eigenvalue weighted by Gasteiger charge is -2.29. The van der Waals surface area contributed by atoms with Crippen molar-refractivity contribution in [2.24, 2.45) is 29.0 Å². The van der Waals surface area contributed by atoms with Crippen LogP contribution in [0, 0.1) is 11.8 Å². The number of nitrogens with two attached hydrogens (primary N) is 3. The van der Waals surface area contributed by atoms with Crippen molar-refractivity contribution in [3.8, 4) is 28.7 Å². The fourth-order valence-corrected chi connectivity index (χ4v) is 15.2. The second-order valence-electron chi connectivity index (χ2n) is 36.6. The molecular weight excluding hydrogens is 1970 g/mol. The standard InChI is InChI=1S/C101H132ClN21O27/c1-50(2)18-12-10-15-23-76(133)110-72(47-75(105)132)92(141)115-73-48-106-95(144)85(62-32-41-74(131)67(102)46-62)119-87(136)52(5)108-90(139)70(44-51(3)4)111-77(134)49-107-94(143)81(58-24-33-63(127)34-25-58)122-98(147)80(56(9)126)118-101(150)84(61-30-39-66(130)40-31-61)120-89(138)68(21-16-42-103)112-91(140)71(45-57-19-13-11-14-20-57)114-96(145)78(54(7)124)116-86(135)53(6)109-99(148)82(59-26-35-64(128)36-27-59)123-97(146)79(55(8)125)117-88(137)69(22-17-43-104)113-100(149)83(121-93(73)142)60-28-37-65(129)38-29-60/h10-15,19-20,23-41,46,50-56,68-73,78-85,124-131H,16-18,21-22,42-45,47-49,103-104H2,1-9H3,(H2,105,132)(H,106,144)(H,107,143)(H,108,139)(H,109,148)(H,110,133)(H,111,134)(H,112,140)(H,113,149)(H,114,145)(H,115,141)(H,116,135)(H,117,137)(H,118,150)(H,119,136)(H,120,138)(H,121,142)(H,122,147)(H,123,146)/b12-10+,23-15+/t52-,53+,54+,55-,56-,68-,69-,70+,71+,72+,73+,78+,79-,80-,81+,82+,83-,84+,85+/m1/s1. The van der Waals surface area contributed by atoms with Gasteiger partial charge in [-0.2, -0.15) is 0 Å². The van der Waals surface area contributed by atoms with Crippen LogP contribution >= 0.6 is 11.6 Å². The van der Waals surface area contributed by atoms with Crippen molar-refractivity contribution >= 4 is 124 Å². The first-order valence-corrected chi connectivity index (χ1v) is 48.5. The Hall–Kier alpha value is -16.2. The zero-order chi connectivity index (χ0) is 111. The second-order valence-corrected chi connectivity index (χ2v) is 37.0. The predicted molar refractivity (Wildman–Crippen MR) is 541 cm³/mol. The molecule has 0 aliphatic carbocycles. The van der Waals surface area contributed by atoms with Gasteiger partial charge in [-0.1, -0.05) is 142 Å². The maximum Gasteiger partial charge on any atom is 0.247 e. The Morgan fingerprint density at radius 1 is 0.407 bits per heavy atom. The number of hydrogen-bond donors (Lipinski definition) is 29. The largest absolute Gasteiger partial charge is 0.508 e. The maximum absolute atomic E-state index is 15.4. The van der Waals surface area contributed by atoms with E-state index in [1.54, 1.807) is 50.3 Å². The first kappa shape index (κ1) is 121. The number of hydrogen-bond acceptors (Lipinski definition) is 29. The third-order valence-electron chi connectivity index (χ3n) is 23.3. The summed E-state index contributed by atoms with van der Waals surface area (Å²) in [5, 5.41) is 130. The molecule has 32 N–H and O–H groups in total. The van der Waals surface area contributed by atoms with Gasteiger partial charge in [-0.25, -0.2) is 0 Å². The summed E-state index contributed by atoms with van der Waals surface area (Å²) >= 11 is 6.41. The van der Waals surface area contributed by atoms with Crippen molar-refractivity contribution in [1.29, 1.82) is 0 Å². The van der Waals surface area contributed by atoms with Crippen LogP contribution in [0.2, 0.25) is 5.02 Å². The topological polar surface area (TPSA) is 781 Å². The van der Waals surface area contributed by atoms with E-state index in [0.29, 0.717) is 12.0 Å². The number of halogens is 1. The van der Waals surface area contributed by atoms with Crippen LogP contribution in [0.25, 0.3) is 0 Å². The Balaban J connectivity index is 1.34. The molecule has 1 aliphatic heterocycles. The highest BCUT2D eigenvalue weighted by Crippen LogP contribution is 2.29. The second kappa shape index (κ2) is 59.0. The number of aromatic hydroxyl groups is 5. The van der Waals surface area contributed by atoms with Crippen molar-refractivity contribution in [3.63, 3.8) is 0 Å². The van der Waals surface area contributed by atoms with Crippen molar-refractivity contribution in [3.05, 3.63) is 208 Å². The average Bonchev–Trinajstić information content (AvgIpc) is 0.823. The Kier molecular flexibility index (Phi) is 47.5. The molecule has 810 valence electrons. The molecule has 19 atom stereocenters. The summed E-state index contributed by atoms with van der Waals surface area (Å²) < 4.78 is 0. The number of phenolic OH excluding ortho intramolecular Hbond substituents is 5. The fraction of sp³-hybridized carbons (Fsp3) is 0.416. The van der Waals surface area contributed by atoms with Crippen LogP contribution in [-0.2, 0) is 97.5 Å². The molecule has 0 saturated carbocycles. The number of amides is 19. The van der Waals surface area contributed by atoms with Crippen LogP contribution in [0.3, 0.4) is 0 Å². The average molecular weight is 2110 g/mol. The van der Waals surface area contributed by atoms with Gasteiger partial charge < -0.3 is 154 Å². The molecule has 0 unspecified atom stereocenters. The van der Waals surface area contributed by atoms with Crippen molar-refractivity contribution in [2.45, 2.75) is 229 Å². The zero-order valence-corrected chi connectivity index (χ0v) is 84.5. The van der Waals surface area contributed by atoms with E-state index in [1.807, 2.05) is 13.8 Å². The molecule has 0 radical (unpaired) electrons. The van der Waals surface area contributed by atoms with Gasteiger partial charge in [-0.05, 0) is 192 Å². The number of nitrogens with one attached hydrogen (secondary N) is 18. The van der Waals surface area contributed by atoms with Crippen LogP contribution in [-0.4, -0.2) is 264 Å². The first-order valence-electron chi connectivity index (χ1n) is 48.1. The summed E-state index contributed by atoms with van der Waals surface area (Å²) in [7, 11) is 0. The number of primary amides is 1. The van der Waals surface area contributed by atoms with Gasteiger partial charge in [0.05, 0.1) is 36.3 Å². The highest BCUT2D eigenvalue weighted by Gasteiger charge is 2.42. The van der Waals surface area contributed by atoms with Crippen LogP contribution in [0.15, 0.2) is 170 Å². The minimum absolute atomic E-state index is 0.00939. The van der Waals surface area contributed by atoms with Crippen LogP contribution in [0.4, 0.5) is 0 Å². The van der Waals surface area contributed by atoms with Crippen LogP contribution in [0.5, 0.6) is 28.7 Å². The minimum atomic E-state index is -2.20. The Bertz CT molecular complexity index is 5780. The number of benzene rings is 6. The highest BCUT2D eigenvalue weighted by atomic mass is 35.5. The van der Waals surface area contributed by atoms with E-state index in [-0.39, 0.29) is 96.2 Å². The molecule has 1 saturated heterocycles. The van der Waals surface area contributed by atoms with Gasteiger partial charge in [-0.15, -0.1) is 0 Å². The van der Waals surface area contributed by atoms with Crippen molar-refractivity contribution < 1.29 is 132 Å². The Morgan fingerprint density at radius 3 is 1.24 bits per heavy atom. The van der Waals surface area contributed by atoms with E-state index in [4.69, 9.17) is 28.8 Å². The molecular formula is C101H132ClN21O27. The van der Waals surface area contributed by atoms with E-state index in [9.17, 15) is 118 Å². The molecule has 0 spiro atoms. The number of phenols is 5. The third-order valence-corrected chi connectivity index (χ3v) is 23.6. The molecule has 7 rings (SSSR count). The third kappa shape index (κ3) is 38.3. The van der Waals surface area contributed by atoms with Gasteiger partial charge in [0, 0.05) is 19.0 Å². The Morgan fingerprint density at radius 2 is 0.780 bits per heavy atom. The lowest BCUT2D eigenvalue weighted by molar-refractivity contribution is -0.138. The molecule has 48 nitrogen and oxygen atoms in total. The van der Waals surface area contributed by atoms with E-state index in [0.717, 1.165) is 132 Å². The molecule has 6 aromatic rings. The molecule has 0 bridgehead atoms. The molecule has 6 aromatic carbocycles. The van der Waals surface area contributed by atoms with E-state index in [2.05, 4.69) is 95.7 Å². The maximum atomic E-state index is 15.4. The molecule has 49 heteroatoms. The quantitative estimate of drug-likeness (QED) is 0.0181. The van der Waals surface area contributed by atoms with Gasteiger partial charge in [0.25, 0.3) is 0 Å². The fourth-order valence-electron chi connectivity index (χ4n) is 15.1. The lowest BCUT2D eigenvalue weighted by atomic mass is 10.0. The number of aliphatic hydroxyl groups excluding tert-OH is 3. The summed E-state index contributed by atoms with van der Waals surface area (Å²) in [6, 6.07) is -0.966. The van der Waals surface area contributed by atoms with Gasteiger partial charge in [0.1, 0.15) is 125 Å². The van der Waals surface area contributed by atoms with Crippen molar-refractivity contribution in [2.75, 3.05) is 26.2 Å². The number of carbonyl (C=O) groups is 19. The summed E-state index contributed by atoms with van der Waals surface area (Å²) in [5.41, 5.74) is 17.2. The Labute approximate surface area is 868 Å². The van der Waals surface area contributed by atoms with E-state index < -0.39 is 276 Å². The van der Waals surface area contributed by atoms with Gasteiger partial charge in [0.2, 0.25) is 112 Å². The SMILES string of the molecule is CC(C)C/C=C/C=C/C(=O)N[C@@H](CC(N)=O)C(=O)N[C@H]1CNC(=O)[C@H](c2ccc(O)c(Cl)c2)NC(=O)[C@@H](C)NC(=O)[C@H](CC(C)C)NC(=O)CNC(=O)[C@H](c2ccc(O)cc2)NC(=O)[C@@H]([C@@H](C)O)NC(=O)[C@H](c2ccc(O)cc2)NC(=O)[C@@H](CCCN)NC(=O)[C@H](Cc2ccccc2)NC(=O)[C@H]([C@H](C)O)NC(=O)[C@H](C)NC(=O)[C@H](c2ccc(O)cc2)NC(=O)[C@@H]([C@@H](C)O)NC(=O)[C@@H](CCCN)NC(=O)[C@@H](c2ccc(O)cc2)NC1=O. The summed E-state index contributed by atoms with van der Waals surface area (Å²) in [6.07, 6.45) is -1.73. The zero-order valence-electron chi connectivity index (χ0n) is 83.7. The number of carbonyl (C=O) groups excluding carboxylic acids is 19. The summed E-state index contributed by atoms with van der Waals surface area (Å²) in [6.45, 7) is 10.3. The molecule has 19 amide bonds. The lowest BCUT2D eigenvalue weighted by Crippen LogP contribution is -2.61. The molecule has 150 heavy (non-hydrogen) atoms. The van der Waals surface area contributed by atoms with Gasteiger partial charge >= 0.3 is 0 Å². The number of rotatable bonds is 27. The summed E-state index contributed by atoms with van der Waals surface area (Å²) in [5.74, 6) is -25.1. The minimum Gasteiger partial charge on any atom is -0.508 e. The molecule has 1 heterocycles. The molecule has 1 aliphatic rings. The van der Waals surface area contributed by atoms with Gasteiger partial charge in [-0.3, -0.25) is 91.1 Å². The monoisotopic (exact) mass is 2110 g/mol. The normalized spacial score (nSPS) is 23.5. The number of allylic oxidation sites excluding steroid dienone is 3.